The van der Waals surface area contributed by atoms with Crippen LogP contribution in [0, 0.1) is 18.3 Å². The van der Waals surface area contributed by atoms with Gasteiger partial charge < -0.3 is 14.5 Å². The van der Waals surface area contributed by atoms with Crippen molar-refractivity contribution in [3.8, 4) is 0 Å². The number of nitrogens with one attached hydrogen (secondary N) is 1. The molecule has 4 rings (SSSR count). The lowest BCUT2D eigenvalue weighted by Gasteiger charge is -2.27. The van der Waals surface area contributed by atoms with E-state index < -0.39 is 0 Å². The number of ether oxygens (including phenoxy) is 1. The number of nitrogens with zero attached hydrogens (tertiary/aromatic N) is 2. The standard InChI is InChI=1S/C17H21N3O3S/c1-12-19-14(8-24-12)6-20-5-13-7-22-11-17(13,10-20)9-18-16(21)15-3-2-4-23-15/h2-4,8,13H,5-7,9-11H2,1H3,(H,18,21)/t13-,17+/m1/s1. The molecule has 2 aromatic heterocycles. The molecule has 0 aliphatic carbocycles. The number of likely N-dealkylation sites (tertiary alicyclic amines) is 1. The highest BCUT2D eigenvalue weighted by Crippen LogP contribution is 2.41. The van der Waals surface area contributed by atoms with Gasteiger partial charge in [-0.25, -0.2) is 4.98 Å². The van der Waals surface area contributed by atoms with Gasteiger partial charge in [0.1, 0.15) is 0 Å². The van der Waals surface area contributed by atoms with Crippen LogP contribution in [-0.2, 0) is 11.3 Å². The quantitative estimate of drug-likeness (QED) is 0.895. The molecule has 2 saturated heterocycles. The predicted octanol–water partition coefficient (Wildman–Crippen LogP) is 1.92. The van der Waals surface area contributed by atoms with Crippen molar-refractivity contribution >= 4 is 17.2 Å². The Labute approximate surface area is 144 Å². The number of furan rings is 1. The average molecular weight is 347 g/mol. The van der Waals surface area contributed by atoms with Crippen molar-refractivity contribution in [2.45, 2.75) is 13.5 Å². The molecule has 2 fully saturated rings. The summed E-state index contributed by atoms with van der Waals surface area (Å²) in [6.07, 6.45) is 1.52. The Kier molecular flexibility index (Phi) is 4.15. The summed E-state index contributed by atoms with van der Waals surface area (Å²) in [6, 6.07) is 3.41. The zero-order valence-electron chi connectivity index (χ0n) is 13.7. The maximum Gasteiger partial charge on any atom is 0.286 e. The molecule has 0 bridgehead atoms. The fourth-order valence-corrected chi connectivity index (χ4v) is 4.38. The van der Waals surface area contributed by atoms with Crippen LogP contribution in [0.25, 0.3) is 0 Å². The molecule has 1 amide bonds. The van der Waals surface area contributed by atoms with Gasteiger partial charge in [0.05, 0.1) is 30.2 Å². The van der Waals surface area contributed by atoms with E-state index in [4.69, 9.17) is 9.15 Å². The Bertz CT molecular complexity index is 714. The van der Waals surface area contributed by atoms with Gasteiger partial charge in [-0.1, -0.05) is 0 Å². The fraction of sp³-hybridized carbons (Fsp3) is 0.529. The first-order valence-corrected chi connectivity index (χ1v) is 9.05. The summed E-state index contributed by atoms with van der Waals surface area (Å²) in [5.41, 5.74) is 1.13. The van der Waals surface area contributed by atoms with Gasteiger partial charge in [-0.05, 0) is 19.1 Å². The van der Waals surface area contributed by atoms with Gasteiger partial charge in [0.2, 0.25) is 0 Å². The number of carbonyl (C=O) groups is 1. The summed E-state index contributed by atoms with van der Waals surface area (Å²) in [4.78, 5) is 19.1. The first kappa shape index (κ1) is 15.8. The van der Waals surface area contributed by atoms with E-state index in [0.717, 1.165) is 36.9 Å². The van der Waals surface area contributed by atoms with Crippen LogP contribution in [0.1, 0.15) is 21.3 Å². The van der Waals surface area contributed by atoms with Crippen molar-refractivity contribution in [3.05, 3.63) is 40.2 Å². The van der Waals surface area contributed by atoms with Crippen molar-refractivity contribution in [1.29, 1.82) is 0 Å². The minimum Gasteiger partial charge on any atom is -0.459 e. The molecule has 0 radical (unpaired) electrons. The maximum absolute atomic E-state index is 12.2. The normalized spacial score (nSPS) is 26.6. The number of amides is 1. The van der Waals surface area contributed by atoms with Crippen LogP contribution in [0.15, 0.2) is 28.2 Å². The Morgan fingerprint density at radius 2 is 2.50 bits per heavy atom. The zero-order valence-corrected chi connectivity index (χ0v) is 14.5. The fourth-order valence-electron chi connectivity index (χ4n) is 3.77. The molecule has 0 spiro atoms. The summed E-state index contributed by atoms with van der Waals surface area (Å²) >= 11 is 1.69. The van der Waals surface area contributed by atoms with Crippen molar-refractivity contribution < 1.29 is 13.9 Å². The maximum atomic E-state index is 12.2. The van der Waals surface area contributed by atoms with Crippen molar-refractivity contribution in [2.75, 3.05) is 32.8 Å². The van der Waals surface area contributed by atoms with E-state index in [1.54, 1.807) is 23.5 Å². The van der Waals surface area contributed by atoms with Crippen LogP contribution < -0.4 is 5.32 Å². The number of carbonyl (C=O) groups excluding carboxylic acids is 1. The second-order valence-electron chi connectivity index (χ2n) is 6.76. The molecule has 0 saturated carbocycles. The summed E-state index contributed by atoms with van der Waals surface area (Å²) in [5, 5.41) is 6.26. The second kappa shape index (κ2) is 6.31. The molecule has 24 heavy (non-hydrogen) atoms. The molecule has 7 heteroatoms. The molecule has 6 nitrogen and oxygen atoms in total. The number of aromatic nitrogens is 1. The average Bonchev–Trinajstić information content (AvgIpc) is 3.29. The van der Waals surface area contributed by atoms with E-state index in [1.807, 2.05) is 6.92 Å². The molecule has 128 valence electrons. The third kappa shape index (κ3) is 2.99. The summed E-state index contributed by atoms with van der Waals surface area (Å²) in [6.45, 7) is 6.90. The SMILES string of the molecule is Cc1nc(CN2C[C@@H]3COC[C@]3(CNC(=O)c3ccco3)C2)cs1. The third-order valence-corrected chi connectivity index (χ3v) is 5.81. The van der Waals surface area contributed by atoms with Crippen LogP contribution >= 0.6 is 11.3 Å². The lowest BCUT2D eigenvalue weighted by molar-refractivity contribution is 0.0877. The predicted molar refractivity (Wildman–Crippen MR) is 89.9 cm³/mol. The molecule has 2 atom stereocenters. The van der Waals surface area contributed by atoms with E-state index >= 15 is 0 Å². The molecule has 2 aliphatic rings. The zero-order chi connectivity index (χ0) is 16.6. The minimum atomic E-state index is -0.159. The monoisotopic (exact) mass is 347 g/mol. The van der Waals surface area contributed by atoms with E-state index in [1.165, 1.54) is 6.26 Å². The molecular weight excluding hydrogens is 326 g/mol. The lowest BCUT2D eigenvalue weighted by atomic mass is 9.81. The Balaban J connectivity index is 1.40. The van der Waals surface area contributed by atoms with Crippen molar-refractivity contribution in [1.82, 2.24) is 15.2 Å². The minimum absolute atomic E-state index is 0.00663. The smallest absolute Gasteiger partial charge is 0.286 e. The van der Waals surface area contributed by atoms with Crippen molar-refractivity contribution in [3.63, 3.8) is 0 Å². The molecule has 2 aliphatic heterocycles. The first-order chi connectivity index (χ1) is 11.6. The van der Waals surface area contributed by atoms with Gasteiger partial charge in [0, 0.05) is 42.9 Å². The number of thiazole rings is 1. The van der Waals surface area contributed by atoms with E-state index in [0.29, 0.717) is 24.8 Å². The highest BCUT2D eigenvalue weighted by atomic mass is 32.1. The largest absolute Gasteiger partial charge is 0.459 e. The van der Waals surface area contributed by atoms with Crippen molar-refractivity contribution in [2.24, 2.45) is 11.3 Å². The van der Waals surface area contributed by atoms with Crippen LogP contribution in [0.5, 0.6) is 0 Å². The highest BCUT2D eigenvalue weighted by Gasteiger charge is 2.50. The number of hydrogen-bond donors (Lipinski definition) is 1. The van der Waals surface area contributed by atoms with Gasteiger partial charge in [-0.2, -0.15) is 0 Å². The lowest BCUT2D eigenvalue weighted by Crippen LogP contribution is -2.43. The summed E-state index contributed by atoms with van der Waals surface area (Å²) < 4.78 is 10.9. The molecule has 0 aromatic carbocycles. The van der Waals surface area contributed by atoms with E-state index in [9.17, 15) is 4.79 Å². The number of rotatable bonds is 5. The summed E-state index contributed by atoms with van der Waals surface area (Å²) in [7, 11) is 0. The number of fused-ring (bicyclic) bond motifs is 1. The molecule has 2 aromatic rings. The number of aryl methyl sites for hydroxylation is 1. The number of hydrogen-bond acceptors (Lipinski definition) is 6. The molecule has 4 heterocycles. The Morgan fingerprint density at radius 1 is 1.58 bits per heavy atom. The van der Waals surface area contributed by atoms with E-state index in [2.05, 4.69) is 20.6 Å². The molecular formula is C17H21N3O3S. The van der Waals surface area contributed by atoms with Crippen LogP contribution in [0.2, 0.25) is 0 Å². The van der Waals surface area contributed by atoms with Gasteiger partial charge in [0.15, 0.2) is 5.76 Å². The van der Waals surface area contributed by atoms with Gasteiger partial charge >= 0.3 is 0 Å². The van der Waals surface area contributed by atoms with E-state index in [-0.39, 0.29) is 11.3 Å². The van der Waals surface area contributed by atoms with Gasteiger partial charge in [-0.15, -0.1) is 11.3 Å². The van der Waals surface area contributed by atoms with Crippen LogP contribution in [0.3, 0.4) is 0 Å². The topological polar surface area (TPSA) is 67.6 Å². The van der Waals surface area contributed by atoms with Crippen LogP contribution in [0.4, 0.5) is 0 Å². The third-order valence-electron chi connectivity index (χ3n) is 4.99. The Hall–Kier alpha value is -1.70. The summed E-state index contributed by atoms with van der Waals surface area (Å²) in [5.74, 6) is 0.650. The molecule has 0 unspecified atom stereocenters. The second-order valence-corrected chi connectivity index (χ2v) is 7.82. The Morgan fingerprint density at radius 3 is 3.25 bits per heavy atom. The van der Waals surface area contributed by atoms with Gasteiger partial charge in [-0.3, -0.25) is 9.69 Å². The molecule has 1 N–H and O–H groups in total. The van der Waals surface area contributed by atoms with Crippen LogP contribution in [-0.4, -0.2) is 48.6 Å². The van der Waals surface area contributed by atoms with Gasteiger partial charge in [0.25, 0.3) is 5.91 Å². The highest BCUT2D eigenvalue weighted by molar-refractivity contribution is 7.09. The first-order valence-electron chi connectivity index (χ1n) is 8.17.